The Kier molecular flexibility index (Phi) is 9.01. The minimum absolute atomic E-state index is 0.00176. The van der Waals surface area contributed by atoms with Crippen LogP contribution in [0.3, 0.4) is 0 Å². The molecule has 0 radical (unpaired) electrons. The quantitative estimate of drug-likeness (QED) is 0.309. The second-order valence-electron chi connectivity index (χ2n) is 11.2. The minimum atomic E-state index is -1.69. The Balaban J connectivity index is 1.56. The number of allylic oxidation sites excluding steroid dienone is 2. The lowest BCUT2D eigenvalue weighted by Crippen LogP contribution is -2.59. The molecule has 7 atom stereocenters. The molecular weight excluding hydrogens is 472 g/mol. The number of ether oxygens (including phenoxy) is 3. The van der Waals surface area contributed by atoms with Gasteiger partial charge in [-0.15, -0.1) is 0 Å². The van der Waals surface area contributed by atoms with Crippen LogP contribution in [0.15, 0.2) is 23.3 Å². The molecule has 0 amide bonds. The molecule has 0 unspecified atom stereocenters. The van der Waals surface area contributed by atoms with Gasteiger partial charge in [-0.1, -0.05) is 12.2 Å². The summed E-state index contributed by atoms with van der Waals surface area (Å²) in [6.07, 6.45) is -1.24. The molecule has 0 saturated carbocycles. The Labute approximate surface area is 211 Å². The molecule has 1 saturated heterocycles. The second-order valence-corrected chi connectivity index (χ2v) is 11.2. The normalized spacial score (nSPS) is 33.9. The van der Waals surface area contributed by atoms with Crippen molar-refractivity contribution < 1.29 is 49.3 Å². The van der Waals surface area contributed by atoms with Crippen LogP contribution in [0.5, 0.6) is 0 Å². The Bertz CT molecular complexity index is 863. The maximum atomic E-state index is 12.6. The van der Waals surface area contributed by atoms with Gasteiger partial charge in [-0.05, 0) is 78.1 Å². The fourth-order valence-electron chi connectivity index (χ4n) is 4.91. The van der Waals surface area contributed by atoms with Crippen LogP contribution in [-0.4, -0.2) is 86.0 Å². The molecule has 0 aromatic carbocycles. The molecule has 1 heterocycles. The molecule has 10 nitrogen and oxygen atoms in total. The first-order valence-electron chi connectivity index (χ1n) is 12.6. The maximum Gasteiger partial charge on any atom is 0.336 e. The highest BCUT2D eigenvalue weighted by atomic mass is 16.7. The van der Waals surface area contributed by atoms with Gasteiger partial charge >= 0.3 is 11.9 Å². The number of rotatable bonds is 7. The van der Waals surface area contributed by atoms with Gasteiger partial charge in [0, 0.05) is 11.1 Å². The molecule has 1 aliphatic heterocycles. The summed E-state index contributed by atoms with van der Waals surface area (Å²) in [6, 6.07) is 0. The fraction of sp³-hybridized carbons (Fsp3) is 0.769. The number of aliphatic hydroxyl groups is 5. The largest absolute Gasteiger partial charge is 0.459 e. The Morgan fingerprint density at radius 3 is 1.81 bits per heavy atom. The summed E-state index contributed by atoms with van der Waals surface area (Å²) in [6.45, 7) is 6.49. The van der Waals surface area contributed by atoms with E-state index in [9.17, 15) is 35.1 Å². The molecule has 1 fully saturated rings. The smallest absolute Gasteiger partial charge is 0.336 e. The summed E-state index contributed by atoms with van der Waals surface area (Å²) in [5.41, 5.74) is -0.883. The molecule has 0 aromatic heterocycles. The van der Waals surface area contributed by atoms with Crippen LogP contribution < -0.4 is 0 Å². The molecule has 0 spiro atoms. The highest BCUT2D eigenvalue weighted by Gasteiger charge is 2.46. The lowest BCUT2D eigenvalue weighted by atomic mass is 9.79. The van der Waals surface area contributed by atoms with Gasteiger partial charge < -0.3 is 39.7 Å². The molecule has 10 heteroatoms. The summed E-state index contributed by atoms with van der Waals surface area (Å²) >= 11 is 0. The van der Waals surface area contributed by atoms with Crippen LogP contribution in [0.1, 0.15) is 66.2 Å². The van der Waals surface area contributed by atoms with Crippen molar-refractivity contribution in [2.24, 2.45) is 11.8 Å². The van der Waals surface area contributed by atoms with Crippen LogP contribution in [-0.2, 0) is 23.8 Å². The van der Waals surface area contributed by atoms with Gasteiger partial charge in [-0.3, -0.25) is 0 Å². The first-order chi connectivity index (χ1) is 16.7. The average Bonchev–Trinajstić information content (AvgIpc) is 2.82. The van der Waals surface area contributed by atoms with E-state index in [-0.39, 0.29) is 11.8 Å². The van der Waals surface area contributed by atoms with Crippen molar-refractivity contribution in [3.63, 3.8) is 0 Å². The predicted octanol–water partition coefficient (Wildman–Crippen LogP) is 0.875. The number of hydrogen-bond acceptors (Lipinski definition) is 10. The van der Waals surface area contributed by atoms with Gasteiger partial charge in [0.05, 0.1) is 11.2 Å². The van der Waals surface area contributed by atoms with Crippen LogP contribution in [0.25, 0.3) is 0 Å². The summed E-state index contributed by atoms with van der Waals surface area (Å²) in [5.74, 6) is -1.28. The Morgan fingerprint density at radius 2 is 1.36 bits per heavy atom. The van der Waals surface area contributed by atoms with E-state index in [0.717, 1.165) is 0 Å². The number of esters is 2. The van der Waals surface area contributed by atoms with Crippen molar-refractivity contribution in [2.45, 2.75) is 108 Å². The zero-order valence-corrected chi connectivity index (χ0v) is 21.4. The van der Waals surface area contributed by atoms with Gasteiger partial charge in [0.15, 0.2) is 0 Å². The standard InChI is InChI=1S/C26H40O10/c1-25(2,32)16-9-5-14(6-10-16)22(30)34-13-18-19(27)20(28)21(29)24(35-18)36-23(31)15-7-11-17(12-8-15)26(3,4)33/h5,7,16-21,24,27-29,32-33H,6,8-13H2,1-4H3/t16-,17+,18-,19-,20+,21-,24+/m1/s1. The van der Waals surface area contributed by atoms with Crippen molar-refractivity contribution in [2.75, 3.05) is 6.61 Å². The summed E-state index contributed by atoms with van der Waals surface area (Å²) in [7, 11) is 0. The van der Waals surface area contributed by atoms with Gasteiger partial charge in [-0.25, -0.2) is 9.59 Å². The third-order valence-electron chi connectivity index (χ3n) is 7.61. The van der Waals surface area contributed by atoms with E-state index in [2.05, 4.69) is 0 Å². The third kappa shape index (κ3) is 6.93. The molecule has 204 valence electrons. The number of aliphatic hydroxyl groups excluding tert-OH is 3. The third-order valence-corrected chi connectivity index (χ3v) is 7.61. The lowest BCUT2D eigenvalue weighted by Gasteiger charge is -2.39. The highest BCUT2D eigenvalue weighted by Crippen LogP contribution is 2.34. The lowest BCUT2D eigenvalue weighted by molar-refractivity contribution is -0.292. The van der Waals surface area contributed by atoms with E-state index < -0.39 is 60.5 Å². The van der Waals surface area contributed by atoms with Crippen molar-refractivity contribution in [1.82, 2.24) is 0 Å². The summed E-state index contributed by atoms with van der Waals surface area (Å²) in [4.78, 5) is 25.1. The van der Waals surface area contributed by atoms with Crippen molar-refractivity contribution in [1.29, 1.82) is 0 Å². The number of carbonyl (C=O) groups excluding carboxylic acids is 2. The minimum Gasteiger partial charge on any atom is -0.459 e. The van der Waals surface area contributed by atoms with E-state index in [0.29, 0.717) is 49.7 Å². The number of carbonyl (C=O) groups is 2. The molecule has 3 aliphatic rings. The topological polar surface area (TPSA) is 163 Å². The summed E-state index contributed by atoms with van der Waals surface area (Å²) < 4.78 is 16.1. The average molecular weight is 513 g/mol. The van der Waals surface area contributed by atoms with Gasteiger partial charge in [0.1, 0.15) is 31.0 Å². The van der Waals surface area contributed by atoms with Crippen LogP contribution in [0.4, 0.5) is 0 Å². The molecule has 5 N–H and O–H groups in total. The first kappa shape index (κ1) is 28.7. The van der Waals surface area contributed by atoms with Gasteiger partial charge in [0.2, 0.25) is 6.29 Å². The van der Waals surface area contributed by atoms with E-state index >= 15 is 0 Å². The van der Waals surface area contributed by atoms with E-state index in [1.165, 1.54) is 0 Å². The molecule has 36 heavy (non-hydrogen) atoms. The molecular formula is C26H40O10. The summed E-state index contributed by atoms with van der Waals surface area (Å²) in [5, 5.41) is 51.2. The van der Waals surface area contributed by atoms with E-state index in [4.69, 9.17) is 14.2 Å². The van der Waals surface area contributed by atoms with Crippen molar-refractivity contribution in [3.05, 3.63) is 23.3 Å². The monoisotopic (exact) mass is 512 g/mol. The highest BCUT2D eigenvalue weighted by molar-refractivity contribution is 5.89. The fourth-order valence-corrected chi connectivity index (χ4v) is 4.91. The number of hydrogen-bond donors (Lipinski definition) is 5. The van der Waals surface area contributed by atoms with Crippen LogP contribution in [0, 0.1) is 11.8 Å². The Morgan fingerprint density at radius 1 is 0.861 bits per heavy atom. The second kappa shape index (κ2) is 11.3. The van der Waals surface area contributed by atoms with Crippen LogP contribution >= 0.6 is 0 Å². The SMILES string of the molecule is CC(C)(O)[C@@H]1CC=C(C(=O)OC[C@H]2O[C@@H](OC(=O)C3=CC[C@H](C(C)(C)O)CC3)[C@H](O)[C@@H](O)[C@@H]2O)CC1. The molecule has 3 rings (SSSR count). The van der Waals surface area contributed by atoms with E-state index in [1.54, 1.807) is 39.8 Å². The van der Waals surface area contributed by atoms with Crippen LogP contribution in [0.2, 0.25) is 0 Å². The molecule has 0 bridgehead atoms. The molecule has 2 aliphatic carbocycles. The van der Waals surface area contributed by atoms with Gasteiger partial charge in [-0.2, -0.15) is 0 Å². The Hall–Kier alpha value is -1.82. The predicted molar refractivity (Wildman–Crippen MR) is 127 cm³/mol. The first-order valence-corrected chi connectivity index (χ1v) is 12.6. The molecule has 0 aromatic rings. The van der Waals surface area contributed by atoms with E-state index in [1.807, 2.05) is 0 Å². The zero-order valence-electron chi connectivity index (χ0n) is 21.4. The zero-order chi connectivity index (χ0) is 26.8. The van der Waals surface area contributed by atoms with Crippen molar-refractivity contribution >= 4 is 11.9 Å². The van der Waals surface area contributed by atoms with Gasteiger partial charge in [0.25, 0.3) is 0 Å². The van der Waals surface area contributed by atoms with Crippen molar-refractivity contribution in [3.8, 4) is 0 Å². The maximum absolute atomic E-state index is 12.6.